The van der Waals surface area contributed by atoms with Crippen molar-refractivity contribution in [3.05, 3.63) is 118 Å². The van der Waals surface area contributed by atoms with Crippen LogP contribution in [0.4, 0.5) is 17.6 Å². The van der Waals surface area contributed by atoms with Gasteiger partial charge >= 0.3 is 11.9 Å². The molecule has 30 nitrogen and oxygen atoms in total. The molecule has 12 N–H and O–H groups in total. The molecule has 0 bridgehead atoms. The van der Waals surface area contributed by atoms with Crippen LogP contribution in [0.25, 0.3) is 12.2 Å². The van der Waals surface area contributed by atoms with Crippen LogP contribution in [0.15, 0.2) is 104 Å². The third-order valence-corrected chi connectivity index (χ3v) is 16.3. The number of nitrogens with zero attached hydrogens (tertiary/aromatic N) is 4. The average Bonchev–Trinajstić information content (AvgIpc) is 0.829. The number of ether oxygens (including phenoxy) is 8. The summed E-state index contributed by atoms with van der Waals surface area (Å²) in [5.41, 5.74) is 20.8. The molecular formula is C62H80F4N10O20S2. The molecule has 0 unspecified atom stereocenters. The Morgan fingerprint density at radius 3 is 1.31 bits per heavy atom. The normalized spacial score (nSPS) is 12.0. The van der Waals surface area contributed by atoms with Gasteiger partial charge in [0.15, 0.2) is 56.5 Å². The number of nitrogens with one attached hydrogen (secondary N) is 2. The van der Waals surface area contributed by atoms with Gasteiger partial charge in [-0.25, -0.2) is 39.1 Å². The molecule has 0 radical (unpaired) electrons. The quantitative estimate of drug-likeness (QED) is 0.0104. The second-order valence-electron chi connectivity index (χ2n) is 21.1. The fraction of sp³-hybridized carbons (Fsp3) is 0.419. The standard InChI is InChI=1S/C62H80F4N10O20S2/c1-41(59(83)73-61(67)68)31-43-33-50(63)57(51(64)34-43)95-46-6-10-48(11-7-46)97(85,86)30-4-19-90-23-27-93-26-22-89-18-3-5-45(77)37-75(39-55(79)80)16-17-76(40-56(81)82)38-54(78)71-14-20-91-24-28-94-29-25-92-21-15-72-98(87,88)49-12-8-47(9-13-49)96-58-52(65)35-44(36-53(58)66)32-42(2)60(84)74-62(69)70/h6-13,31-36,72H,3-5,14-30,37-40H2,1-2H3,(H,71,78)(H,79,80)(H,81,82)(H4,67,68,73,83)(H4,69,70,74,84)/b41-31+,42-32+. The number of carboxylic acids is 2. The number of halogens is 4. The Morgan fingerprint density at radius 1 is 0.510 bits per heavy atom. The molecule has 0 heterocycles. The molecular weight excluding hydrogens is 1340 g/mol. The maximum atomic E-state index is 14.8. The first-order valence-corrected chi connectivity index (χ1v) is 33.2. The second kappa shape index (κ2) is 42.8. The van der Waals surface area contributed by atoms with E-state index in [1.165, 1.54) is 84.3 Å². The number of carboxylic acid groups (broad SMARTS) is 2. The Morgan fingerprint density at radius 2 is 0.888 bits per heavy atom. The SMILES string of the molecule is C/C(=C\c1cc(F)c(Oc2ccc(S(=O)(=O)CCCOCCOCCOCCCC(=O)CN(CCN(CC(=O)O)CC(=O)NCCOCCOCCOCCNS(=O)(=O)c3ccc(Oc4c(F)cc(/C=C(\C)C(=O)N=C(N)N)cc4F)cc3)CC(=O)O)cc2)c(F)c1)C(=O)N=C(N)N. The van der Waals surface area contributed by atoms with Crippen LogP contribution >= 0.6 is 0 Å². The second-order valence-corrected chi connectivity index (χ2v) is 24.9. The molecule has 4 aromatic carbocycles. The molecule has 0 saturated carbocycles. The zero-order chi connectivity index (χ0) is 72.2. The third-order valence-electron chi connectivity index (χ3n) is 13.0. The van der Waals surface area contributed by atoms with Gasteiger partial charge in [0.25, 0.3) is 11.8 Å². The van der Waals surface area contributed by atoms with Crippen molar-refractivity contribution < 1.29 is 111 Å². The summed E-state index contributed by atoms with van der Waals surface area (Å²) in [5.74, 6) is -12.1. The molecule has 98 heavy (non-hydrogen) atoms. The van der Waals surface area contributed by atoms with Gasteiger partial charge in [-0.1, -0.05) is 0 Å². The number of aliphatic carboxylic acids is 2. The lowest BCUT2D eigenvalue weighted by Gasteiger charge is -2.25. The zero-order valence-electron chi connectivity index (χ0n) is 53.7. The highest BCUT2D eigenvalue weighted by molar-refractivity contribution is 7.91. The van der Waals surface area contributed by atoms with Crippen molar-refractivity contribution in [1.29, 1.82) is 0 Å². The van der Waals surface area contributed by atoms with Gasteiger partial charge in [-0.2, -0.15) is 9.98 Å². The molecule has 0 aliphatic heterocycles. The molecule has 36 heteroatoms. The number of benzene rings is 4. The highest BCUT2D eigenvalue weighted by Crippen LogP contribution is 2.32. The van der Waals surface area contributed by atoms with Gasteiger partial charge in [0, 0.05) is 57.0 Å². The van der Waals surface area contributed by atoms with Crippen LogP contribution in [-0.4, -0.2) is 222 Å². The van der Waals surface area contributed by atoms with Crippen LogP contribution < -0.4 is 42.4 Å². The van der Waals surface area contributed by atoms with Crippen molar-refractivity contribution in [2.75, 3.05) is 137 Å². The van der Waals surface area contributed by atoms with Gasteiger partial charge in [0.1, 0.15) is 17.3 Å². The fourth-order valence-corrected chi connectivity index (χ4v) is 10.7. The van der Waals surface area contributed by atoms with Crippen molar-refractivity contribution >= 4 is 79.4 Å². The zero-order valence-corrected chi connectivity index (χ0v) is 55.4. The lowest BCUT2D eigenvalue weighted by molar-refractivity contribution is -0.141. The van der Waals surface area contributed by atoms with E-state index in [1.807, 2.05) is 0 Å². The Hall–Kier alpha value is -8.82. The molecule has 0 spiro atoms. The number of carbonyl (C=O) groups excluding carboxylic acids is 4. The van der Waals surface area contributed by atoms with Crippen molar-refractivity contribution in [1.82, 2.24) is 19.8 Å². The third kappa shape index (κ3) is 32.0. The Balaban J connectivity index is 0.997. The summed E-state index contributed by atoms with van der Waals surface area (Å²) < 4.78 is 156. The summed E-state index contributed by atoms with van der Waals surface area (Å²) >= 11 is 0. The minimum absolute atomic E-state index is 0.00175. The van der Waals surface area contributed by atoms with Crippen molar-refractivity contribution in [2.24, 2.45) is 32.9 Å². The smallest absolute Gasteiger partial charge is 0.317 e. The minimum atomic E-state index is -4.01. The lowest BCUT2D eigenvalue weighted by Crippen LogP contribution is -2.45. The molecule has 0 aliphatic carbocycles. The number of sulfone groups is 1. The lowest BCUT2D eigenvalue weighted by atomic mass is 10.1. The number of ketones is 1. The van der Waals surface area contributed by atoms with Crippen LogP contribution in [0.3, 0.4) is 0 Å². The van der Waals surface area contributed by atoms with E-state index >= 15 is 0 Å². The molecule has 0 aliphatic rings. The van der Waals surface area contributed by atoms with Gasteiger partial charge < -0.3 is 76.4 Å². The largest absolute Gasteiger partial charge is 0.480 e. The number of rotatable bonds is 48. The fourth-order valence-electron chi connectivity index (χ4n) is 8.39. The number of nitrogens with two attached hydrogens (primary N) is 4. The van der Waals surface area contributed by atoms with Crippen molar-refractivity contribution in [2.45, 2.75) is 42.9 Å². The number of hydrogen-bond acceptors (Lipinski definition) is 20. The molecule has 0 saturated heterocycles. The topological polar surface area (TPSA) is 444 Å². The first-order chi connectivity index (χ1) is 46.5. The number of aliphatic imine (C=N–C) groups is 2. The number of sulfonamides is 1. The molecule has 3 amide bonds. The molecule has 4 aromatic rings. The molecule has 0 atom stereocenters. The molecule has 538 valence electrons. The predicted molar refractivity (Wildman–Crippen MR) is 347 cm³/mol. The van der Waals surface area contributed by atoms with Crippen molar-refractivity contribution in [3.8, 4) is 23.0 Å². The first kappa shape index (κ1) is 81.6. The van der Waals surface area contributed by atoms with E-state index in [-0.39, 0.29) is 186 Å². The van der Waals surface area contributed by atoms with E-state index in [9.17, 15) is 73.4 Å². The Kier molecular flexibility index (Phi) is 35.6. The number of amides is 3. The van der Waals surface area contributed by atoms with Gasteiger partial charge in [0.2, 0.25) is 15.9 Å². The number of guanidine groups is 2. The van der Waals surface area contributed by atoms with E-state index in [0.29, 0.717) is 6.42 Å². The summed E-state index contributed by atoms with van der Waals surface area (Å²) in [7, 11) is -7.77. The maximum Gasteiger partial charge on any atom is 0.317 e. The predicted octanol–water partition coefficient (Wildman–Crippen LogP) is 2.71. The highest BCUT2D eigenvalue weighted by Gasteiger charge is 2.22. The van der Waals surface area contributed by atoms with E-state index in [1.54, 1.807) is 0 Å². The summed E-state index contributed by atoms with van der Waals surface area (Å²) in [6.45, 7) is 2.57. The summed E-state index contributed by atoms with van der Waals surface area (Å²) in [4.78, 5) is 81.7. The van der Waals surface area contributed by atoms with Crippen molar-refractivity contribution in [3.63, 3.8) is 0 Å². The van der Waals surface area contributed by atoms with Gasteiger partial charge in [0.05, 0.1) is 108 Å². The Labute approximate surface area is 562 Å². The van der Waals surface area contributed by atoms with Gasteiger partial charge in [-0.15, -0.1) is 0 Å². The minimum Gasteiger partial charge on any atom is -0.480 e. The molecule has 0 aromatic heterocycles. The molecule has 4 rings (SSSR count). The number of hydrogen-bond donors (Lipinski definition) is 8. The number of carbonyl (C=O) groups is 6. The average molecular weight is 1430 g/mol. The van der Waals surface area contributed by atoms with Crippen LogP contribution in [0.1, 0.15) is 44.2 Å². The maximum absolute atomic E-state index is 14.8. The summed E-state index contributed by atoms with van der Waals surface area (Å²) in [5, 5.41) is 21.6. The van der Waals surface area contributed by atoms with E-state index in [4.69, 9.17) is 60.8 Å². The first-order valence-electron chi connectivity index (χ1n) is 30.1. The van der Waals surface area contributed by atoms with Crippen LogP contribution in [0, 0.1) is 23.3 Å². The monoisotopic (exact) mass is 1420 g/mol. The van der Waals surface area contributed by atoms with E-state index < -0.39 is 109 Å². The highest BCUT2D eigenvalue weighted by atomic mass is 32.2. The molecule has 0 fully saturated rings. The van der Waals surface area contributed by atoms with Gasteiger partial charge in [-0.05, 0) is 123 Å². The Bertz CT molecular complexity index is 3390. The van der Waals surface area contributed by atoms with Gasteiger partial charge in [-0.3, -0.25) is 38.6 Å². The van der Waals surface area contributed by atoms with Crippen LogP contribution in [0.2, 0.25) is 0 Å². The van der Waals surface area contributed by atoms with E-state index in [2.05, 4.69) is 20.0 Å². The van der Waals surface area contributed by atoms with Crippen LogP contribution in [0.5, 0.6) is 23.0 Å². The number of Topliss-reactive ketones (excluding diaryl/α,β-unsaturated/α-hetero) is 1. The van der Waals surface area contributed by atoms with Crippen LogP contribution in [-0.2, 0) is 77.0 Å². The summed E-state index contributed by atoms with van der Waals surface area (Å²) in [6, 6.07) is 13.4. The summed E-state index contributed by atoms with van der Waals surface area (Å²) in [6.07, 6.45) is 2.88. The van der Waals surface area contributed by atoms with E-state index in [0.717, 1.165) is 24.3 Å².